The van der Waals surface area contributed by atoms with E-state index in [1.807, 2.05) is 0 Å². The molecule has 0 fully saturated rings. The maximum Gasteiger partial charge on any atom is 0.200 e. The van der Waals surface area contributed by atoms with Crippen LogP contribution < -0.4 is 4.80 Å². The molecule has 0 spiro atoms. The van der Waals surface area contributed by atoms with Crippen LogP contribution in [0.1, 0.15) is 6.92 Å². The third kappa shape index (κ3) is 1.51. The van der Waals surface area contributed by atoms with Crippen molar-refractivity contribution < 1.29 is 4.79 Å². The first-order valence-electron chi connectivity index (χ1n) is 2.75. The third-order valence-corrected chi connectivity index (χ3v) is 1.59. The lowest BCUT2D eigenvalue weighted by Gasteiger charge is -1.92. The molecular formula is C5H7N3OS. The molecule has 1 N–H and O–H groups in total. The van der Waals surface area contributed by atoms with Crippen molar-refractivity contribution in [3.8, 4) is 0 Å². The molecule has 0 radical (unpaired) electrons. The minimum Gasteiger partial charge on any atom is -0.298 e. The Kier molecular flexibility index (Phi) is 1.96. The average Bonchev–Trinajstić information content (AvgIpc) is 2.15. The summed E-state index contributed by atoms with van der Waals surface area (Å²) in [6.45, 7) is 1.69. The fraction of sp³-hybridized carbons (Fsp3) is 0.400. The largest absolute Gasteiger partial charge is 0.298 e. The number of hydrogen-bond acceptors (Lipinski definition) is 4. The molecule has 0 atom stereocenters. The molecule has 4 nitrogen and oxygen atoms in total. The second-order valence-corrected chi connectivity index (χ2v) is 2.74. The van der Waals surface area contributed by atoms with Gasteiger partial charge in [0.2, 0.25) is 0 Å². The summed E-state index contributed by atoms with van der Waals surface area (Å²) in [5, 5.41) is 11.0. The highest BCUT2D eigenvalue weighted by atomic mass is 32.1. The number of nitrogens with one attached hydrogen (secondary N) is 1. The van der Waals surface area contributed by atoms with Crippen LogP contribution in [0, 0.1) is 5.41 Å². The first-order chi connectivity index (χ1) is 4.70. The van der Waals surface area contributed by atoms with E-state index < -0.39 is 0 Å². The number of carbonyl (C=O) groups is 1. The monoisotopic (exact) mass is 157 g/mol. The van der Waals surface area contributed by atoms with Crippen LogP contribution in [0.5, 0.6) is 0 Å². The first-order valence-corrected chi connectivity index (χ1v) is 3.63. The highest BCUT2D eigenvalue weighted by Gasteiger charge is 1.97. The van der Waals surface area contributed by atoms with Gasteiger partial charge in [0.15, 0.2) is 10.6 Å². The summed E-state index contributed by atoms with van der Waals surface area (Å²) < 4.78 is 1.37. The van der Waals surface area contributed by atoms with Gasteiger partial charge in [0.25, 0.3) is 0 Å². The number of nitrogens with zero attached hydrogens (tertiary/aromatic N) is 2. The number of rotatable bonds is 2. The van der Waals surface area contributed by atoms with Crippen molar-refractivity contribution in [2.24, 2.45) is 0 Å². The van der Waals surface area contributed by atoms with Crippen LogP contribution in [-0.2, 0) is 11.3 Å². The molecule has 10 heavy (non-hydrogen) atoms. The zero-order valence-corrected chi connectivity index (χ0v) is 6.31. The molecule has 1 rings (SSSR count). The van der Waals surface area contributed by atoms with Gasteiger partial charge in [0.05, 0.1) is 0 Å². The number of ketones is 1. The van der Waals surface area contributed by atoms with Crippen molar-refractivity contribution in [2.45, 2.75) is 13.5 Å². The van der Waals surface area contributed by atoms with Crippen molar-refractivity contribution in [1.29, 1.82) is 5.41 Å². The lowest BCUT2D eigenvalue weighted by molar-refractivity contribution is -0.117. The van der Waals surface area contributed by atoms with E-state index in [2.05, 4.69) is 5.10 Å². The van der Waals surface area contributed by atoms with E-state index in [0.29, 0.717) is 4.80 Å². The smallest absolute Gasteiger partial charge is 0.200 e. The molecule has 1 heterocycles. The van der Waals surface area contributed by atoms with Gasteiger partial charge < -0.3 is 0 Å². The van der Waals surface area contributed by atoms with Gasteiger partial charge in [-0.2, -0.15) is 5.10 Å². The normalized spacial score (nSPS) is 9.70. The fourth-order valence-corrected chi connectivity index (χ4v) is 1.06. The highest BCUT2D eigenvalue weighted by Crippen LogP contribution is 1.82. The van der Waals surface area contributed by atoms with Crippen molar-refractivity contribution in [3.05, 3.63) is 10.3 Å². The third-order valence-electron chi connectivity index (χ3n) is 0.958. The fourth-order valence-electron chi connectivity index (χ4n) is 0.567. The van der Waals surface area contributed by atoms with Crippen molar-refractivity contribution >= 4 is 17.1 Å². The Balaban J connectivity index is 2.85. The van der Waals surface area contributed by atoms with E-state index >= 15 is 0 Å². The predicted molar refractivity (Wildman–Crippen MR) is 36.6 cm³/mol. The molecule has 0 unspecified atom stereocenters. The standard InChI is InChI=1S/C5H7N3OS/c1-4(9)2-8-5(6)10-3-7-8/h3,6H,2H2,1H3. The first kappa shape index (κ1) is 7.14. The molecule has 0 amide bonds. The Morgan fingerprint density at radius 3 is 3.10 bits per heavy atom. The van der Waals surface area contributed by atoms with E-state index in [-0.39, 0.29) is 12.3 Å². The van der Waals surface area contributed by atoms with Gasteiger partial charge in [-0.1, -0.05) is 11.3 Å². The van der Waals surface area contributed by atoms with Crippen molar-refractivity contribution in [1.82, 2.24) is 9.78 Å². The molecule has 0 aliphatic rings. The summed E-state index contributed by atoms with van der Waals surface area (Å²) in [7, 11) is 0. The Hall–Kier alpha value is -0.970. The second kappa shape index (κ2) is 2.74. The molecule has 1 aromatic rings. The van der Waals surface area contributed by atoms with Crippen molar-refractivity contribution in [3.63, 3.8) is 0 Å². The lowest BCUT2D eigenvalue weighted by atomic mass is 10.5. The summed E-state index contributed by atoms with van der Waals surface area (Å²) >= 11 is 1.21. The average molecular weight is 157 g/mol. The van der Waals surface area contributed by atoms with Gasteiger partial charge in [-0.05, 0) is 6.92 Å². The molecule has 0 saturated carbocycles. The van der Waals surface area contributed by atoms with Gasteiger partial charge in [0.1, 0.15) is 12.1 Å². The van der Waals surface area contributed by atoms with Gasteiger partial charge in [-0.3, -0.25) is 10.2 Å². The Morgan fingerprint density at radius 2 is 2.70 bits per heavy atom. The molecule has 0 bridgehead atoms. The SMILES string of the molecule is CC(=O)Cn1ncsc1=N. The van der Waals surface area contributed by atoms with Crippen LogP contribution in [0.2, 0.25) is 0 Å². The van der Waals surface area contributed by atoms with Crippen LogP contribution >= 0.6 is 11.3 Å². The summed E-state index contributed by atoms with van der Waals surface area (Å²) in [4.78, 5) is 10.8. The van der Waals surface area contributed by atoms with Crippen LogP contribution in [0.15, 0.2) is 5.51 Å². The molecular weight excluding hydrogens is 150 g/mol. The van der Waals surface area contributed by atoms with Gasteiger partial charge >= 0.3 is 0 Å². The van der Waals surface area contributed by atoms with Gasteiger partial charge in [0, 0.05) is 0 Å². The molecule has 1 aromatic heterocycles. The van der Waals surface area contributed by atoms with E-state index in [4.69, 9.17) is 5.41 Å². The Morgan fingerprint density at radius 1 is 2.00 bits per heavy atom. The van der Waals surface area contributed by atoms with Crippen LogP contribution in [0.3, 0.4) is 0 Å². The van der Waals surface area contributed by atoms with Crippen LogP contribution in [0.25, 0.3) is 0 Å². The van der Waals surface area contributed by atoms with E-state index in [0.717, 1.165) is 0 Å². The Bertz CT molecular complexity index is 287. The summed E-state index contributed by atoms with van der Waals surface area (Å²) in [6, 6.07) is 0. The summed E-state index contributed by atoms with van der Waals surface area (Å²) in [6.07, 6.45) is 0. The lowest BCUT2D eigenvalue weighted by Crippen LogP contribution is -2.18. The Labute approximate surface area is 61.6 Å². The maximum atomic E-state index is 10.5. The minimum atomic E-state index is 0.0180. The number of Topliss-reactive ketones (excluding diaryl/α,β-unsaturated/α-hetero) is 1. The van der Waals surface area contributed by atoms with Crippen LogP contribution in [0.4, 0.5) is 0 Å². The highest BCUT2D eigenvalue weighted by molar-refractivity contribution is 7.06. The molecule has 0 aromatic carbocycles. The second-order valence-electron chi connectivity index (χ2n) is 1.90. The molecule has 5 heteroatoms. The van der Waals surface area contributed by atoms with Gasteiger partial charge in [-0.15, -0.1) is 0 Å². The summed E-state index contributed by atoms with van der Waals surface area (Å²) in [5.74, 6) is 0.0180. The summed E-state index contributed by atoms with van der Waals surface area (Å²) in [5.41, 5.74) is 1.55. The van der Waals surface area contributed by atoms with E-state index in [1.165, 1.54) is 22.9 Å². The number of hydrogen-bond donors (Lipinski definition) is 1. The molecule has 54 valence electrons. The number of carbonyl (C=O) groups excluding carboxylic acids is 1. The van der Waals surface area contributed by atoms with Gasteiger partial charge in [-0.25, -0.2) is 4.68 Å². The minimum absolute atomic E-state index is 0.0180. The zero-order valence-electron chi connectivity index (χ0n) is 5.50. The quantitative estimate of drug-likeness (QED) is 0.657. The van der Waals surface area contributed by atoms with E-state index in [9.17, 15) is 4.79 Å². The van der Waals surface area contributed by atoms with Crippen molar-refractivity contribution in [2.75, 3.05) is 0 Å². The zero-order chi connectivity index (χ0) is 7.56. The molecule has 0 aliphatic carbocycles. The topological polar surface area (TPSA) is 58.7 Å². The molecule has 0 aliphatic heterocycles. The number of aromatic nitrogens is 2. The van der Waals surface area contributed by atoms with E-state index in [1.54, 1.807) is 5.51 Å². The predicted octanol–water partition coefficient (Wildman–Crippen LogP) is 0.0131. The van der Waals surface area contributed by atoms with Crippen LogP contribution in [-0.4, -0.2) is 15.6 Å². The maximum absolute atomic E-state index is 10.5. The molecule has 0 saturated heterocycles.